The van der Waals surface area contributed by atoms with E-state index in [-0.39, 0.29) is 0 Å². The number of hydrogen-bond donors (Lipinski definition) is 2. The molecule has 0 saturated carbocycles. The van der Waals surface area contributed by atoms with Crippen LogP contribution in [0, 0.1) is 0 Å². The lowest BCUT2D eigenvalue weighted by molar-refractivity contribution is -0.138. The Bertz CT molecular complexity index is 663. The first-order valence-electron chi connectivity index (χ1n) is 15.9. The summed E-state index contributed by atoms with van der Waals surface area (Å²) in [6.07, 6.45) is 46.8. The molecule has 228 valence electrons. The molecule has 4 nitrogen and oxygen atoms in total. The molecule has 2 N–H and O–H groups in total. The van der Waals surface area contributed by atoms with Gasteiger partial charge in [-0.2, -0.15) is 0 Å². The van der Waals surface area contributed by atoms with E-state index in [9.17, 15) is 9.59 Å². The number of allylic oxidation sites excluding steroid dienone is 12. The molecule has 0 amide bonds. The normalized spacial score (nSPS) is 12.1. The molecule has 0 spiro atoms. The van der Waals surface area contributed by atoms with E-state index in [0.717, 1.165) is 89.9 Å². The topological polar surface area (TPSA) is 74.6 Å². The maximum atomic E-state index is 10.3. The Morgan fingerprint density at radius 3 is 1.00 bits per heavy atom. The van der Waals surface area contributed by atoms with Gasteiger partial charge in [-0.25, -0.2) is 0 Å². The number of hydrogen-bond acceptors (Lipinski definition) is 2. The first-order chi connectivity index (χ1) is 19.5. The fourth-order valence-electron chi connectivity index (χ4n) is 3.79. The highest BCUT2D eigenvalue weighted by Gasteiger charge is 1.96. The minimum absolute atomic E-state index is 0.319. The molecule has 0 atom stereocenters. The summed E-state index contributed by atoms with van der Waals surface area (Å²) >= 11 is 0. The summed E-state index contributed by atoms with van der Waals surface area (Å²) in [5, 5.41) is 17.0. The Hall–Kier alpha value is -2.62. The van der Waals surface area contributed by atoms with Gasteiger partial charge in [0, 0.05) is 12.8 Å². The molecular weight excluding hydrogens is 496 g/mol. The van der Waals surface area contributed by atoms with Gasteiger partial charge < -0.3 is 10.2 Å². The molecule has 40 heavy (non-hydrogen) atoms. The zero-order chi connectivity index (χ0) is 29.8. The van der Waals surface area contributed by atoms with Crippen LogP contribution in [-0.2, 0) is 9.59 Å². The lowest BCUT2D eigenvalue weighted by Gasteiger charge is -1.98. The van der Waals surface area contributed by atoms with E-state index in [4.69, 9.17) is 10.2 Å². The molecule has 0 heterocycles. The predicted molar refractivity (Wildman–Crippen MR) is 174 cm³/mol. The van der Waals surface area contributed by atoms with E-state index in [0.29, 0.717) is 12.8 Å². The van der Waals surface area contributed by atoms with Gasteiger partial charge in [0.1, 0.15) is 0 Å². The Kier molecular flexibility index (Phi) is 35.9. The third-order valence-electron chi connectivity index (χ3n) is 6.08. The highest BCUT2D eigenvalue weighted by atomic mass is 16.4. The van der Waals surface area contributed by atoms with E-state index < -0.39 is 11.9 Å². The minimum Gasteiger partial charge on any atom is -0.481 e. The van der Waals surface area contributed by atoms with Gasteiger partial charge in [0.25, 0.3) is 0 Å². The predicted octanol–water partition coefficient (Wildman–Crippen LogP) is 11.3. The second kappa shape index (κ2) is 36.4. The lowest BCUT2D eigenvalue weighted by atomic mass is 10.1. The summed E-state index contributed by atoms with van der Waals surface area (Å²) in [7, 11) is 0. The lowest BCUT2D eigenvalue weighted by Crippen LogP contribution is -1.93. The maximum absolute atomic E-state index is 10.3. The Morgan fingerprint density at radius 2 is 0.675 bits per heavy atom. The Balaban J connectivity index is 0. The molecule has 4 heteroatoms. The Labute approximate surface area is 246 Å². The zero-order valence-corrected chi connectivity index (χ0v) is 25.8. The third-order valence-corrected chi connectivity index (χ3v) is 6.08. The summed E-state index contributed by atoms with van der Waals surface area (Å²) in [6.45, 7) is 4.30. The second-order valence-corrected chi connectivity index (χ2v) is 9.99. The van der Waals surface area contributed by atoms with Crippen molar-refractivity contribution in [3.63, 3.8) is 0 Å². The Morgan fingerprint density at radius 1 is 0.400 bits per heavy atom. The van der Waals surface area contributed by atoms with Gasteiger partial charge in [-0.15, -0.1) is 0 Å². The van der Waals surface area contributed by atoms with E-state index in [2.05, 4.69) is 86.8 Å². The van der Waals surface area contributed by atoms with Crippen LogP contribution in [0.15, 0.2) is 72.9 Å². The van der Waals surface area contributed by atoms with Crippen molar-refractivity contribution in [1.82, 2.24) is 0 Å². The van der Waals surface area contributed by atoms with Gasteiger partial charge >= 0.3 is 11.9 Å². The molecular formula is C36H60O4. The number of carboxylic acids is 2. The van der Waals surface area contributed by atoms with Crippen LogP contribution in [0.5, 0.6) is 0 Å². The highest BCUT2D eigenvalue weighted by molar-refractivity contribution is 5.66. The van der Waals surface area contributed by atoms with Crippen molar-refractivity contribution in [2.24, 2.45) is 0 Å². The molecule has 0 aliphatic heterocycles. The number of carbonyl (C=O) groups is 2. The molecule has 0 aromatic carbocycles. The molecule has 0 bridgehead atoms. The molecule has 0 aromatic rings. The van der Waals surface area contributed by atoms with Gasteiger partial charge in [0.15, 0.2) is 0 Å². The van der Waals surface area contributed by atoms with Crippen molar-refractivity contribution < 1.29 is 19.8 Å². The zero-order valence-electron chi connectivity index (χ0n) is 25.8. The van der Waals surface area contributed by atoms with Crippen molar-refractivity contribution in [2.75, 3.05) is 0 Å². The average molecular weight is 557 g/mol. The van der Waals surface area contributed by atoms with Crippen LogP contribution in [0.4, 0.5) is 0 Å². The van der Waals surface area contributed by atoms with Gasteiger partial charge in [-0.3, -0.25) is 9.59 Å². The highest BCUT2D eigenvalue weighted by Crippen LogP contribution is 2.09. The van der Waals surface area contributed by atoms with Crippen molar-refractivity contribution in [1.29, 1.82) is 0 Å². The van der Waals surface area contributed by atoms with Gasteiger partial charge in [-0.1, -0.05) is 125 Å². The number of aliphatic carboxylic acids is 2. The molecule has 0 fully saturated rings. The molecule has 0 aliphatic carbocycles. The third kappa shape index (κ3) is 42.5. The quantitative estimate of drug-likeness (QED) is 0.0820. The molecule has 0 radical (unpaired) electrons. The molecule has 0 unspecified atom stereocenters. The standard InChI is InChI=1S/2C18H30O2/c2*1-2-3-4-5-6-7-8-9-10-11-12-13-14-15-16-17-18(19)20/h2*3-4,6-7,9-10H,2,5,8,11-17H2,1H3,(H,19,20)/b4-3+,7-6+,10-9+;4-3-,7-6-,10-9-. The van der Waals surface area contributed by atoms with E-state index in [1.807, 2.05) is 0 Å². The SMILES string of the molecule is CC/C=C/C/C=C/C/C=C/CCCCCCCC(=O)O.CC/C=C\C/C=C\C/C=C\CCCCCCCC(=O)O. The maximum Gasteiger partial charge on any atom is 0.303 e. The molecule has 0 rings (SSSR count). The fraction of sp³-hybridized carbons (Fsp3) is 0.611. The second-order valence-electron chi connectivity index (χ2n) is 9.99. The smallest absolute Gasteiger partial charge is 0.303 e. The number of unbranched alkanes of at least 4 members (excludes halogenated alkanes) is 10. The summed E-state index contributed by atoms with van der Waals surface area (Å²) in [6, 6.07) is 0. The largest absolute Gasteiger partial charge is 0.481 e. The van der Waals surface area contributed by atoms with Crippen molar-refractivity contribution in [3.05, 3.63) is 72.9 Å². The molecule has 0 saturated heterocycles. The van der Waals surface area contributed by atoms with Crippen molar-refractivity contribution in [3.8, 4) is 0 Å². The summed E-state index contributed by atoms with van der Waals surface area (Å²) in [4.78, 5) is 20.6. The number of rotatable bonds is 26. The first kappa shape index (κ1) is 39.5. The average Bonchev–Trinajstić information content (AvgIpc) is 2.93. The van der Waals surface area contributed by atoms with Crippen LogP contribution in [0.3, 0.4) is 0 Å². The van der Waals surface area contributed by atoms with E-state index in [1.54, 1.807) is 0 Å². The van der Waals surface area contributed by atoms with Crippen LogP contribution < -0.4 is 0 Å². The van der Waals surface area contributed by atoms with Crippen molar-refractivity contribution in [2.45, 2.75) is 142 Å². The van der Waals surface area contributed by atoms with Crippen LogP contribution in [-0.4, -0.2) is 22.2 Å². The minimum atomic E-state index is -0.675. The van der Waals surface area contributed by atoms with Crippen molar-refractivity contribution >= 4 is 11.9 Å². The summed E-state index contributed by atoms with van der Waals surface area (Å²) in [5.41, 5.74) is 0. The van der Waals surface area contributed by atoms with Crippen LogP contribution in [0.25, 0.3) is 0 Å². The summed E-state index contributed by atoms with van der Waals surface area (Å²) < 4.78 is 0. The fourth-order valence-corrected chi connectivity index (χ4v) is 3.79. The summed E-state index contributed by atoms with van der Waals surface area (Å²) in [5.74, 6) is -1.35. The number of carboxylic acid groups (broad SMARTS) is 2. The van der Waals surface area contributed by atoms with Gasteiger partial charge in [0.2, 0.25) is 0 Å². The van der Waals surface area contributed by atoms with E-state index in [1.165, 1.54) is 25.7 Å². The van der Waals surface area contributed by atoms with E-state index >= 15 is 0 Å². The van der Waals surface area contributed by atoms with Crippen LogP contribution in [0.1, 0.15) is 142 Å². The molecule has 0 aliphatic rings. The monoisotopic (exact) mass is 556 g/mol. The van der Waals surface area contributed by atoms with Crippen LogP contribution in [0.2, 0.25) is 0 Å². The first-order valence-corrected chi connectivity index (χ1v) is 15.9. The van der Waals surface area contributed by atoms with Gasteiger partial charge in [-0.05, 0) is 77.0 Å². The van der Waals surface area contributed by atoms with Gasteiger partial charge in [0.05, 0.1) is 0 Å². The van der Waals surface area contributed by atoms with Crippen LogP contribution >= 0.6 is 0 Å². The molecule has 0 aromatic heterocycles.